The zero-order chi connectivity index (χ0) is 20.9. The van der Waals surface area contributed by atoms with E-state index in [0.29, 0.717) is 13.1 Å². The van der Waals surface area contributed by atoms with Crippen molar-refractivity contribution >= 4 is 27.3 Å². The Bertz CT molecular complexity index is 1050. The number of carbonyl (C=O) groups is 1. The minimum atomic E-state index is -3.74. The molecule has 0 aliphatic rings. The van der Waals surface area contributed by atoms with Gasteiger partial charge in [-0.1, -0.05) is 36.4 Å². The van der Waals surface area contributed by atoms with Crippen LogP contribution in [0.1, 0.15) is 23.6 Å². The highest BCUT2D eigenvalue weighted by molar-refractivity contribution is 7.91. The van der Waals surface area contributed by atoms with Crippen molar-refractivity contribution in [1.29, 1.82) is 0 Å². The summed E-state index contributed by atoms with van der Waals surface area (Å²) in [5.74, 6) is -0.294. The average Bonchev–Trinajstić information content (AvgIpc) is 3.25. The van der Waals surface area contributed by atoms with Gasteiger partial charge in [0.2, 0.25) is 5.91 Å². The Balaban J connectivity index is 1.82. The normalized spacial score (nSPS) is 12.5. The van der Waals surface area contributed by atoms with Crippen LogP contribution < -0.4 is 4.72 Å². The first-order chi connectivity index (χ1) is 13.9. The molecule has 0 fully saturated rings. The van der Waals surface area contributed by atoms with E-state index in [1.165, 1.54) is 6.07 Å². The van der Waals surface area contributed by atoms with Gasteiger partial charge in [-0.3, -0.25) is 9.78 Å². The van der Waals surface area contributed by atoms with E-state index >= 15 is 0 Å². The van der Waals surface area contributed by atoms with Gasteiger partial charge in [-0.2, -0.15) is 4.72 Å². The molecule has 2 heterocycles. The van der Waals surface area contributed by atoms with Crippen molar-refractivity contribution in [3.63, 3.8) is 0 Å². The number of rotatable bonds is 8. The van der Waals surface area contributed by atoms with E-state index in [4.69, 9.17) is 0 Å². The van der Waals surface area contributed by atoms with Crippen molar-refractivity contribution in [2.75, 3.05) is 0 Å². The summed E-state index contributed by atoms with van der Waals surface area (Å²) in [6.07, 6.45) is 3.38. The van der Waals surface area contributed by atoms with E-state index in [1.807, 2.05) is 43.3 Å². The predicted octanol–water partition coefficient (Wildman–Crippen LogP) is 3.35. The number of hydrogen-bond acceptors (Lipinski definition) is 5. The van der Waals surface area contributed by atoms with Crippen LogP contribution in [0.2, 0.25) is 0 Å². The number of carbonyl (C=O) groups excluding carboxylic acids is 1. The topological polar surface area (TPSA) is 79.4 Å². The molecule has 0 saturated carbocycles. The fourth-order valence-corrected chi connectivity index (χ4v) is 5.15. The Labute approximate surface area is 175 Å². The summed E-state index contributed by atoms with van der Waals surface area (Å²) in [6, 6.07) is 13.8. The van der Waals surface area contributed by atoms with E-state index in [1.54, 1.807) is 35.7 Å². The number of benzene rings is 1. The number of amides is 1. The molecule has 6 nitrogen and oxygen atoms in total. The number of sulfonamides is 1. The Morgan fingerprint density at radius 2 is 1.93 bits per heavy atom. The fraction of sp³-hybridized carbons (Fsp3) is 0.238. The SMILES string of the molecule is Cc1ccccc1CN(Cc1cccnc1)C(=O)C(C)NS(=O)(=O)c1cccs1. The predicted molar refractivity (Wildman–Crippen MR) is 114 cm³/mol. The van der Waals surface area contributed by atoms with Crippen molar-refractivity contribution in [1.82, 2.24) is 14.6 Å². The van der Waals surface area contributed by atoms with Crippen molar-refractivity contribution in [3.05, 3.63) is 83.0 Å². The fourth-order valence-electron chi connectivity index (χ4n) is 2.95. The highest BCUT2D eigenvalue weighted by Crippen LogP contribution is 2.18. The summed E-state index contributed by atoms with van der Waals surface area (Å²) in [5.41, 5.74) is 2.96. The molecule has 1 atom stereocenters. The summed E-state index contributed by atoms with van der Waals surface area (Å²) < 4.78 is 27.7. The molecule has 0 bridgehead atoms. The van der Waals surface area contributed by atoms with Crippen molar-refractivity contribution in [2.45, 2.75) is 37.2 Å². The number of thiophene rings is 1. The van der Waals surface area contributed by atoms with Gasteiger partial charge in [-0.25, -0.2) is 8.42 Å². The summed E-state index contributed by atoms with van der Waals surface area (Å²) >= 11 is 1.12. The van der Waals surface area contributed by atoms with Crippen LogP contribution in [0, 0.1) is 6.92 Å². The highest BCUT2D eigenvalue weighted by atomic mass is 32.2. The third-order valence-corrected chi connectivity index (χ3v) is 7.43. The Morgan fingerprint density at radius 3 is 2.59 bits per heavy atom. The molecule has 0 aliphatic heterocycles. The second-order valence-electron chi connectivity index (χ2n) is 6.76. The van der Waals surface area contributed by atoms with E-state index < -0.39 is 16.1 Å². The summed E-state index contributed by atoms with van der Waals surface area (Å²) in [5, 5.41) is 1.69. The second-order valence-corrected chi connectivity index (χ2v) is 9.65. The van der Waals surface area contributed by atoms with Gasteiger partial charge < -0.3 is 4.90 Å². The van der Waals surface area contributed by atoms with Crippen LogP contribution in [0.4, 0.5) is 0 Å². The molecule has 152 valence electrons. The van der Waals surface area contributed by atoms with Crippen LogP contribution in [0.25, 0.3) is 0 Å². The molecule has 0 aliphatic carbocycles. The van der Waals surface area contributed by atoms with Gasteiger partial charge in [0.1, 0.15) is 4.21 Å². The summed E-state index contributed by atoms with van der Waals surface area (Å²) in [6.45, 7) is 4.28. The first-order valence-electron chi connectivity index (χ1n) is 9.15. The molecule has 0 radical (unpaired) electrons. The van der Waals surface area contributed by atoms with E-state index in [2.05, 4.69) is 9.71 Å². The molecule has 0 saturated heterocycles. The molecule has 8 heteroatoms. The van der Waals surface area contributed by atoms with Crippen LogP contribution in [0.3, 0.4) is 0 Å². The molecule has 1 aromatic carbocycles. The lowest BCUT2D eigenvalue weighted by atomic mass is 10.1. The smallest absolute Gasteiger partial charge is 0.250 e. The van der Waals surface area contributed by atoms with Crippen molar-refractivity contribution in [3.8, 4) is 0 Å². The molecule has 3 rings (SSSR count). The average molecular weight is 430 g/mol. The number of pyridine rings is 1. The molecule has 29 heavy (non-hydrogen) atoms. The van der Waals surface area contributed by atoms with Gasteiger partial charge in [0.15, 0.2) is 0 Å². The Kier molecular flexibility index (Phi) is 6.79. The number of aromatic nitrogens is 1. The Morgan fingerprint density at radius 1 is 1.14 bits per heavy atom. The minimum Gasteiger partial charge on any atom is -0.333 e. The van der Waals surface area contributed by atoms with E-state index in [-0.39, 0.29) is 10.1 Å². The maximum atomic E-state index is 13.2. The monoisotopic (exact) mass is 429 g/mol. The zero-order valence-electron chi connectivity index (χ0n) is 16.3. The zero-order valence-corrected chi connectivity index (χ0v) is 17.9. The van der Waals surface area contributed by atoms with Crippen LogP contribution in [0.5, 0.6) is 0 Å². The maximum Gasteiger partial charge on any atom is 0.250 e. The van der Waals surface area contributed by atoms with Crippen molar-refractivity contribution < 1.29 is 13.2 Å². The van der Waals surface area contributed by atoms with Crippen LogP contribution >= 0.6 is 11.3 Å². The largest absolute Gasteiger partial charge is 0.333 e. The second kappa shape index (κ2) is 9.30. The van der Waals surface area contributed by atoms with Crippen LogP contribution in [-0.2, 0) is 27.9 Å². The van der Waals surface area contributed by atoms with Gasteiger partial charge in [0, 0.05) is 25.5 Å². The molecule has 1 amide bonds. The maximum absolute atomic E-state index is 13.2. The standard InChI is InChI=1S/C21H23N3O3S2/c1-16-7-3-4-9-19(16)15-24(14-18-8-5-11-22-13-18)21(25)17(2)23-29(26,27)20-10-6-12-28-20/h3-13,17,23H,14-15H2,1-2H3. The molecular weight excluding hydrogens is 406 g/mol. The van der Waals surface area contributed by atoms with E-state index in [9.17, 15) is 13.2 Å². The number of aryl methyl sites for hydroxylation is 1. The summed E-state index contributed by atoms with van der Waals surface area (Å²) in [4.78, 5) is 19.0. The Hall–Kier alpha value is -2.55. The quantitative estimate of drug-likeness (QED) is 0.596. The van der Waals surface area contributed by atoms with Gasteiger partial charge in [0.05, 0.1) is 6.04 Å². The van der Waals surface area contributed by atoms with Crippen LogP contribution in [0.15, 0.2) is 70.5 Å². The van der Waals surface area contributed by atoms with Gasteiger partial charge in [-0.05, 0) is 48.1 Å². The number of hydrogen-bond donors (Lipinski definition) is 1. The third kappa shape index (κ3) is 5.50. The van der Waals surface area contributed by atoms with Crippen LogP contribution in [-0.4, -0.2) is 30.3 Å². The molecule has 2 aromatic heterocycles. The molecule has 3 aromatic rings. The first kappa shape index (κ1) is 21.2. The third-order valence-electron chi connectivity index (χ3n) is 4.49. The minimum absolute atomic E-state index is 0.190. The van der Waals surface area contributed by atoms with Gasteiger partial charge in [0.25, 0.3) is 10.0 Å². The van der Waals surface area contributed by atoms with E-state index in [0.717, 1.165) is 28.0 Å². The lowest BCUT2D eigenvalue weighted by molar-refractivity contribution is -0.133. The molecule has 1 unspecified atom stereocenters. The molecular formula is C21H23N3O3S2. The number of nitrogens with zero attached hydrogens (tertiary/aromatic N) is 2. The lowest BCUT2D eigenvalue weighted by Crippen LogP contribution is -2.46. The first-order valence-corrected chi connectivity index (χ1v) is 11.5. The van der Waals surface area contributed by atoms with Gasteiger partial charge in [-0.15, -0.1) is 11.3 Å². The number of nitrogens with one attached hydrogen (secondary N) is 1. The van der Waals surface area contributed by atoms with Crippen molar-refractivity contribution in [2.24, 2.45) is 0 Å². The lowest BCUT2D eigenvalue weighted by Gasteiger charge is -2.27. The summed E-state index contributed by atoms with van der Waals surface area (Å²) in [7, 11) is -3.74. The molecule has 0 spiro atoms. The van der Waals surface area contributed by atoms with Gasteiger partial charge >= 0.3 is 0 Å². The highest BCUT2D eigenvalue weighted by Gasteiger charge is 2.27. The molecule has 1 N–H and O–H groups in total.